The average Bonchev–Trinajstić information content (AvgIpc) is 3.42. The predicted octanol–water partition coefficient (Wildman–Crippen LogP) is 11.7. The lowest BCUT2D eigenvalue weighted by Gasteiger charge is -2.27. The largest absolute Gasteiger partial charge is 0.239 e. The normalized spacial score (nSPS) is 12.7. The molecule has 2 heteroatoms. The first-order valence-corrected chi connectivity index (χ1v) is 15.8. The second-order valence-corrected chi connectivity index (χ2v) is 11.7. The molecule has 1 heterocycles. The fourth-order valence-corrected chi connectivity index (χ4v) is 6.75. The van der Waals surface area contributed by atoms with Gasteiger partial charge in [-0.2, -0.15) is 0 Å². The first-order chi connectivity index (χ1) is 20.4. The number of unbranched alkanes of at least 4 members (excludes halogenated alkanes) is 2. The van der Waals surface area contributed by atoms with Gasteiger partial charge in [-0.1, -0.05) is 132 Å². The van der Waals surface area contributed by atoms with Gasteiger partial charge in [-0.15, -0.1) is 0 Å². The molecule has 6 rings (SSSR count). The monoisotopic (exact) mass is 558 g/mol. The Kier molecular flexibility index (Phi) is 8.92. The lowest BCUT2D eigenvalue weighted by atomic mass is 9.80. The van der Waals surface area contributed by atoms with E-state index in [2.05, 4.69) is 124 Å². The zero-order valence-electron chi connectivity index (χ0n) is 26.2. The molecule has 0 bridgehead atoms. The Morgan fingerprint density at radius 1 is 0.690 bits per heavy atom. The fraction of sp³-hybridized carbons (Fsp3) is 0.325. The molecule has 0 amide bonds. The van der Waals surface area contributed by atoms with E-state index in [1.165, 1.54) is 57.9 Å². The van der Waals surface area contributed by atoms with Crippen molar-refractivity contribution in [1.82, 2.24) is 0 Å². The van der Waals surface area contributed by atoms with E-state index in [1.54, 1.807) is 0 Å². The molecular weight excluding hydrogens is 513 g/mol. The lowest BCUT2D eigenvalue weighted by molar-refractivity contribution is -0.394. The van der Waals surface area contributed by atoms with Crippen molar-refractivity contribution in [1.29, 1.82) is 0 Å². The van der Waals surface area contributed by atoms with Gasteiger partial charge >= 0.3 is 0 Å². The van der Waals surface area contributed by atoms with Crippen LogP contribution in [0.25, 0.3) is 43.8 Å². The Balaban J connectivity index is 0.000000652. The van der Waals surface area contributed by atoms with Crippen LogP contribution in [-0.4, -0.2) is 17.8 Å². The minimum atomic E-state index is -1.38. The van der Waals surface area contributed by atoms with E-state index in [4.69, 9.17) is 0 Å². The van der Waals surface area contributed by atoms with Gasteiger partial charge in [0.1, 0.15) is 18.9 Å². The van der Waals surface area contributed by atoms with Crippen molar-refractivity contribution >= 4 is 33.4 Å². The summed E-state index contributed by atoms with van der Waals surface area (Å²) in [5.41, 5.74) is 7.88. The Morgan fingerprint density at radius 2 is 1.36 bits per heavy atom. The molecule has 0 radical (unpaired) electrons. The van der Waals surface area contributed by atoms with Gasteiger partial charge in [0, 0.05) is 16.5 Å². The minimum absolute atomic E-state index is 0.451. The number of halogens is 1. The zero-order valence-corrected chi connectivity index (χ0v) is 26.2. The topological polar surface area (TPSA) is 3.01 Å². The SMILES string of the molecule is CCC(F)(CC)c1ccc(-c2ccccc2-c2ccccc2)c2c1c1c(c3c(C)cccc32)CC=[N+]1C.CCCCC. The van der Waals surface area contributed by atoms with E-state index in [0.29, 0.717) is 12.8 Å². The van der Waals surface area contributed by atoms with Crippen molar-refractivity contribution < 1.29 is 8.97 Å². The molecule has 1 aliphatic rings. The third kappa shape index (κ3) is 5.17. The minimum Gasteiger partial charge on any atom is -0.239 e. The number of fused-ring (bicyclic) bond motifs is 6. The Hall–Kier alpha value is -3.78. The van der Waals surface area contributed by atoms with Crippen LogP contribution in [0, 0.1) is 6.92 Å². The molecule has 0 aliphatic carbocycles. The molecule has 42 heavy (non-hydrogen) atoms. The Labute approximate surface area is 251 Å². The van der Waals surface area contributed by atoms with Crippen molar-refractivity contribution in [2.45, 2.75) is 78.8 Å². The molecule has 1 aliphatic heterocycles. The Morgan fingerprint density at radius 3 is 2.00 bits per heavy atom. The molecule has 0 saturated heterocycles. The summed E-state index contributed by atoms with van der Waals surface area (Å²) < 4.78 is 18.9. The van der Waals surface area contributed by atoms with Crippen LogP contribution in [-0.2, 0) is 12.1 Å². The van der Waals surface area contributed by atoms with E-state index in [9.17, 15) is 0 Å². The van der Waals surface area contributed by atoms with E-state index in [0.717, 1.165) is 34.0 Å². The molecule has 0 unspecified atom stereocenters. The number of alkyl halides is 1. The van der Waals surface area contributed by atoms with Gasteiger partial charge < -0.3 is 0 Å². The molecule has 1 nitrogen and oxygen atoms in total. The summed E-state index contributed by atoms with van der Waals surface area (Å²) in [5, 5.41) is 4.74. The molecule has 0 saturated carbocycles. The van der Waals surface area contributed by atoms with Crippen LogP contribution in [0.2, 0.25) is 0 Å². The molecule has 0 atom stereocenters. The van der Waals surface area contributed by atoms with E-state index in [1.807, 2.05) is 13.8 Å². The third-order valence-corrected chi connectivity index (χ3v) is 9.11. The number of nitrogens with zero attached hydrogens (tertiary/aromatic N) is 1. The molecule has 0 N–H and O–H groups in total. The van der Waals surface area contributed by atoms with Crippen molar-refractivity contribution in [3.8, 4) is 22.3 Å². The van der Waals surface area contributed by atoms with Gasteiger partial charge in [0.15, 0.2) is 0 Å². The van der Waals surface area contributed by atoms with Gasteiger partial charge in [0.2, 0.25) is 5.69 Å². The van der Waals surface area contributed by atoms with Crippen molar-refractivity contribution in [3.63, 3.8) is 0 Å². The lowest BCUT2D eigenvalue weighted by Crippen LogP contribution is -2.19. The molecule has 5 aromatic carbocycles. The maximum Gasteiger partial charge on any atom is 0.217 e. The summed E-state index contributed by atoms with van der Waals surface area (Å²) in [6, 6.07) is 30.0. The van der Waals surface area contributed by atoms with Crippen LogP contribution in [0.5, 0.6) is 0 Å². The molecule has 216 valence electrons. The number of aryl methyl sites for hydroxylation is 1. The second-order valence-electron chi connectivity index (χ2n) is 11.7. The summed E-state index contributed by atoms with van der Waals surface area (Å²) in [7, 11) is 2.11. The number of hydrogen-bond acceptors (Lipinski definition) is 0. The van der Waals surface area contributed by atoms with Crippen molar-refractivity contribution in [2.24, 2.45) is 0 Å². The van der Waals surface area contributed by atoms with Crippen LogP contribution in [0.3, 0.4) is 0 Å². The predicted molar refractivity (Wildman–Crippen MR) is 181 cm³/mol. The first-order valence-electron chi connectivity index (χ1n) is 15.8. The molecule has 0 aromatic heterocycles. The highest BCUT2D eigenvalue weighted by atomic mass is 19.1. The highest BCUT2D eigenvalue weighted by Gasteiger charge is 2.36. The first kappa shape index (κ1) is 29.7. The third-order valence-electron chi connectivity index (χ3n) is 9.11. The summed E-state index contributed by atoms with van der Waals surface area (Å²) >= 11 is 0. The molecule has 0 fully saturated rings. The van der Waals surface area contributed by atoms with E-state index >= 15 is 4.39 Å². The summed E-state index contributed by atoms with van der Waals surface area (Å²) in [5.74, 6) is 0. The van der Waals surface area contributed by atoms with Gasteiger partial charge in [-0.05, 0) is 58.4 Å². The van der Waals surface area contributed by atoms with Gasteiger partial charge in [-0.25, -0.2) is 8.97 Å². The molecular formula is C40H45FN+. The van der Waals surface area contributed by atoms with Gasteiger partial charge in [-0.3, -0.25) is 0 Å². The standard InChI is InChI=1S/C35H33FN.C5H12/c1-5-35(36,6-2)30-20-19-27(26-17-11-10-16-25(26)24-14-8-7-9-15-24)32-28-18-12-13-23(3)31(28)29-21-22-37(4)34(29)33(30)32;1-3-5-4-2/h7-20,22H,5-6,21H2,1-4H3;3-5H2,1-2H3/q+1;. The fourth-order valence-electron chi connectivity index (χ4n) is 6.75. The second kappa shape index (κ2) is 12.6. The highest BCUT2D eigenvalue weighted by molar-refractivity contribution is 6.22. The zero-order chi connectivity index (χ0) is 29.9. The van der Waals surface area contributed by atoms with Crippen LogP contribution in [0.4, 0.5) is 10.1 Å². The van der Waals surface area contributed by atoms with Crippen LogP contribution in [0.1, 0.15) is 76.5 Å². The van der Waals surface area contributed by atoms with E-state index < -0.39 is 5.67 Å². The quantitative estimate of drug-likeness (QED) is 0.138. The number of benzene rings is 5. The number of rotatable bonds is 7. The molecule has 0 spiro atoms. The Bertz CT molecular complexity index is 1740. The van der Waals surface area contributed by atoms with Gasteiger partial charge in [0.05, 0.1) is 11.8 Å². The highest BCUT2D eigenvalue weighted by Crippen LogP contribution is 2.50. The van der Waals surface area contributed by atoms with Gasteiger partial charge in [0.25, 0.3) is 0 Å². The van der Waals surface area contributed by atoms with Crippen molar-refractivity contribution in [3.05, 3.63) is 102 Å². The van der Waals surface area contributed by atoms with Crippen LogP contribution >= 0.6 is 0 Å². The maximum atomic E-state index is 16.6. The average molecular weight is 559 g/mol. The number of hydrogen-bond donors (Lipinski definition) is 0. The van der Waals surface area contributed by atoms with Crippen LogP contribution in [0.15, 0.2) is 84.9 Å². The summed E-state index contributed by atoms with van der Waals surface area (Å²) in [6.45, 7) is 10.6. The summed E-state index contributed by atoms with van der Waals surface area (Å²) in [4.78, 5) is 0. The smallest absolute Gasteiger partial charge is 0.217 e. The molecule has 5 aromatic rings. The summed E-state index contributed by atoms with van der Waals surface area (Å²) in [6.07, 6.45) is 8.08. The van der Waals surface area contributed by atoms with E-state index in [-0.39, 0.29) is 0 Å². The van der Waals surface area contributed by atoms with Crippen molar-refractivity contribution in [2.75, 3.05) is 7.05 Å². The maximum absolute atomic E-state index is 16.6. The van der Waals surface area contributed by atoms with Crippen LogP contribution < -0.4 is 0 Å².